The maximum absolute atomic E-state index is 12.5. The van der Waals surface area contributed by atoms with Gasteiger partial charge in [0, 0.05) is 43.7 Å². The van der Waals surface area contributed by atoms with E-state index in [1.54, 1.807) is 17.9 Å². The third-order valence-electron chi connectivity index (χ3n) is 6.08. The molecule has 0 saturated carbocycles. The molecule has 12 nitrogen and oxygen atoms in total. The molecular weight excluding hydrogens is 536 g/mol. The first kappa shape index (κ1) is 28.3. The molecule has 40 heavy (non-hydrogen) atoms. The summed E-state index contributed by atoms with van der Waals surface area (Å²) in [5, 5.41) is 18.3. The molecule has 4 rings (SSSR count). The van der Waals surface area contributed by atoms with Crippen LogP contribution in [0, 0.1) is 6.92 Å². The molecule has 1 aromatic carbocycles. The van der Waals surface area contributed by atoms with Gasteiger partial charge >= 0.3 is 6.09 Å². The fraction of sp³-hybridized carbons (Fsp3) is 0.259. The van der Waals surface area contributed by atoms with E-state index in [9.17, 15) is 9.59 Å². The van der Waals surface area contributed by atoms with E-state index in [4.69, 9.17) is 26.8 Å². The molecule has 2 amide bonds. The molecule has 3 heterocycles. The quantitative estimate of drug-likeness (QED) is 0.259. The highest BCUT2D eigenvalue weighted by Crippen LogP contribution is 2.39. The molecule has 3 aromatic heterocycles. The van der Waals surface area contributed by atoms with Crippen molar-refractivity contribution in [3.05, 3.63) is 70.3 Å². The predicted octanol–water partition coefficient (Wildman–Crippen LogP) is 3.98. The molecule has 0 aliphatic rings. The van der Waals surface area contributed by atoms with Gasteiger partial charge in [-0.2, -0.15) is 5.10 Å². The van der Waals surface area contributed by atoms with Gasteiger partial charge < -0.3 is 25.8 Å². The number of nitrogens with two attached hydrogens (primary N) is 1. The Hall–Kier alpha value is -4.71. The van der Waals surface area contributed by atoms with E-state index >= 15 is 0 Å². The first-order valence-corrected chi connectivity index (χ1v) is 12.7. The number of benzene rings is 1. The number of anilines is 2. The second-order valence-electron chi connectivity index (χ2n) is 8.92. The Labute approximate surface area is 235 Å². The molecule has 0 atom stereocenters. The number of aromatic nitrogens is 5. The van der Waals surface area contributed by atoms with E-state index in [0.717, 1.165) is 34.5 Å². The summed E-state index contributed by atoms with van der Waals surface area (Å²) >= 11 is 6.11. The average molecular weight is 565 g/mol. The van der Waals surface area contributed by atoms with Crippen LogP contribution in [-0.2, 0) is 19.9 Å². The molecule has 0 bridgehead atoms. The zero-order chi connectivity index (χ0) is 28.8. The molecule has 0 aliphatic heterocycles. The monoisotopic (exact) mass is 564 g/mol. The molecule has 208 valence electrons. The standard InChI is InChI=1S/C27H29ClN8O4/c1-15-8-9-23(40-27(29)38)32-18(15)7-5-6-16-12-17(19-10-11-36(3)35-19)25(39-4)21(13-16)31-20-14-22(28)33-34-24(20)26(37)30-2/h8-14H,5-7H2,1-4H3,(H2,29,38)(H,30,37)(H,31,33). The Morgan fingerprint density at radius 1 is 1.10 bits per heavy atom. The van der Waals surface area contributed by atoms with Crippen LogP contribution in [0.1, 0.15) is 33.7 Å². The minimum Gasteiger partial charge on any atom is -0.494 e. The summed E-state index contributed by atoms with van der Waals surface area (Å²) in [6.45, 7) is 1.95. The van der Waals surface area contributed by atoms with Gasteiger partial charge in [0.2, 0.25) is 5.88 Å². The van der Waals surface area contributed by atoms with Gasteiger partial charge in [0.15, 0.2) is 16.6 Å². The van der Waals surface area contributed by atoms with Crippen molar-refractivity contribution in [2.45, 2.75) is 26.2 Å². The van der Waals surface area contributed by atoms with Crippen LogP contribution in [0.2, 0.25) is 5.15 Å². The molecule has 4 aromatic rings. The largest absolute Gasteiger partial charge is 0.494 e. The van der Waals surface area contributed by atoms with Crippen molar-refractivity contribution in [3.8, 4) is 22.9 Å². The summed E-state index contributed by atoms with van der Waals surface area (Å²) in [6.07, 6.45) is 3.00. The molecule has 0 unspecified atom stereocenters. The highest BCUT2D eigenvalue weighted by Gasteiger charge is 2.20. The maximum atomic E-state index is 12.5. The number of rotatable bonds is 10. The average Bonchev–Trinajstić information content (AvgIpc) is 3.35. The van der Waals surface area contributed by atoms with Crippen molar-refractivity contribution in [1.82, 2.24) is 30.3 Å². The summed E-state index contributed by atoms with van der Waals surface area (Å²) in [5.41, 5.74) is 10.4. The van der Waals surface area contributed by atoms with Gasteiger partial charge in [-0.25, -0.2) is 9.78 Å². The van der Waals surface area contributed by atoms with Gasteiger partial charge in [0.25, 0.3) is 5.91 Å². The lowest BCUT2D eigenvalue weighted by Gasteiger charge is -2.18. The van der Waals surface area contributed by atoms with Crippen LogP contribution in [0.4, 0.5) is 16.2 Å². The van der Waals surface area contributed by atoms with Crippen LogP contribution in [0.3, 0.4) is 0 Å². The topological polar surface area (TPSA) is 159 Å². The van der Waals surface area contributed by atoms with Crippen molar-refractivity contribution in [3.63, 3.8) is 0 Å². The van der Waals surface area contributed by atoms with Crippen molar-refractivity contribution in [2.24, 2.45) is 12.8 Å². The highest BCUT2D eigenvalue weighted by molar-refractivity contribution is 6.29. The van der Waals surface area contributed by atoms with Crippen LogP contribution in [0.15, 0.2) is 42.6 Å². The molecule has 0 radical (unpaired) electrons. The summed E-state index contributed by atoms with van der Waals surface area (Å²) in [6, 6.07) is 10.8. The lowest BCUT2D eigenvalue weighted by atomic mass is 9.99. The van der Waals surface area contributed by atoms with E-state index in [2.05, 4.69) is 30.9 Å². The maximum Gasteiger partial charge on any atom is 0.411 e. The van der Waals surface area contributed by atoms with Crippen LogP contribution in [0.25, 0.3) is 11.3 Å². The highest BCUT2D eigenvalue weighted by atomic mass is 35.5. The van der Waals surface area contributed by atoms with E-state index < -0.39 is 12.0 Å². The Morgan fingerprint density at radius 3 is 2.58 bits per heavy atom. The summed E-state index contributed by atoms with van der Waals surface area (Å²) in [7, 11) is 4.92. The molecule has 13 heteroatoms. The number of hydrogen-bond acceptors (Lipinski definition) is 9. The van der Waals surface area contributed by atoms with Crippen LogP contribution in [-0.4, -0.2) is 51.1 Å². The third kappa shape index (κ3) is 6.64. The first-order chi connectivity index (χ1) is 19.2. The summed E-state index contributed by atoms with van der Waals surface area (Å²) in [5.74, 6) is 0.280. The van der Waals surface area contributed by atoms with E-state index in [1.165, 1.54) is 13.1 Å². The smallest absolute Gasteiger partial charge is 0.411 e. The van der Waals surface area contributed by atoms with Gasteiger partial charge in [0.05, 0.1) is 24.2 Å². The predicted molar refractivity (Wildman–Crippen MR) is 150 cm³/mol. The molecule has 0 fully saturated rings. The number of aryl methyl sites for hydroxylation is 4. The molecule has 0 spiro atoms. The van der Waals surface area contributed by atoms with Crippen molar-refractivity contribution in [1.29, 1.82) is 0 Å². The normalized spacial score (nSPS) is 10.7. The van der Waals surface area contributed by atoms with Gasteiger partial charge in [0.1, 0.15) is 0 Å². The van der Waals surface area contributed by atoms with Crippen LogP contribution in [0.5, 0.6) is 11.6 Å². The molecule has 4 N–H and O–H groups in total. The number of carbonyl (C=O) groups is 2. The second kappa shape index (κ2) is 12.4. The fourth-order valence-corrected chi connectivity index (χ4v) is 4.36. The number of nitrogens with one attached hydrogen (secondary N) is 2. The van der Waals surface area contributed by atoms with E-state index in [1.807, 2.05) is 44.4 Å². The molecule has 0 aliphatic carbocycles. The Bertz CT molecular complexity index is 1560. The minimum absolute atomic E-state index is 0.0818. The SMILES string of the molecule is CNC(=O)c1nnc(Cl)cc1Nc1cc(CCCc2nc(OC(N)=O)ccc2C)cc(-c2ccn(C)n2)c1OC. The fourth-order valence-electron chi connectivity index (χ4n) is 4.21. The van der Waals surface area contributed by atoms with Crippen LogP contribution >= 0.6 is 11.6 Å². The van der Waals surface area contributed by atoms with Crippen molar-refractivity contribution in [2.75, 3.05) is 19.5 Å². The van der Waals surface area contributed by atoms with Gasteiger partial charge in [-0.3, -0.25) is 9.48 Å². The summed E-state index contributed by atoms with van der Waals surface area (Å²) < 4.78 is 12.5. The number of ether oxygens (including phenoxy) is 2. The lowest BCUT2D eigenvalue weighted by molar-refractivity contribution is 0.0958. The number of pyridine rings is 1. The van der Waals surface area contributed by atoms with E-state index in [0.29, 0.717) is 30.0 Å². The summed E-state index contributed by atoms with van der Waals surface area (Å²) in [4.78, 5) is 28.0. The number of nitrogens with zero attached hydrogens (tertiary/aromatic N) is 5. The van der Waals surface area contributed by atoms with Gasteiger partial charge in [-0.1, -0.05) is 17.7 Å². The minimum atomic E-state index is -0.909. The number of amides is 2. The number of halogens is 1. The Morgan fingerprint density at radius 2 is 1.90 bits per heavy atom. The number of hydrogen-bond donors (Lipinski definition) is 3. The van der Waals surface area contributed by atoms with Crippen molar-refractivity contribution >= 4 is 35.0 Å². The zero-order valence-electron chi connectivity index (χ0n) is 22.5. The van der Waals surface area contributed by atoms with E-state index in [-0.39, 0.29) is 16.7 Å². The zero-order valence-corrected chi connectivity index (χ0v) is 23.2. The Kier molecular flexibility index (Phi) is 8.80. The second-order valence-corrected chi connectivity index (χ2v) is 9.31. The van der Waals surface area contributed by atoms with Crippen molar-refractivity contribution < 1.29 is 19.1 Å². The lowest BCUT2D eigenvalue weighted by Crippen LogP contribution is -2.21. The Balaban J connectivity index is 1.69. The number of carbonyl (C=O) groups excluding carboxylic acids is 2. The van der Waals surface area contributed by atoms with Gasteiger partial charge in [-0.15, -0.1) is 10.2 Å². The first-order valence-electron chi connectivity index (χ1n) is 12.4. The molecular formula is C27H29ClN8O4. The molecule has 0 saturated heterocycles. The number of primary amides is 1. The third-order valence-corrected chi connectivity index (χ3v) is 6.26. The van der Waals surface area contributed by atoms with Gasteiger partial charge in [-0.05, 0) is 55.5 Å². The van der Waals surface area contributed by atoms with Crippen LogP contribution < -0.4 is 25.8 Å². The number of methoxy groups -OCH3 is 1.